The summed E-state index contributed by atoms with van der Waals surface area (Å²) in [5.74, 6) is 2.44. The van der Waals surface area contributed by atoms with Crippen LogP contribution < -0.4 is 5.73 Å². The van der Waals surface area contributed by atoms with E-state index >= 15 is 0 Å². The highest BCUT2D eigenvalue weighted by Crippen LogP contribution is 2.74. The molecule has 2 nitrogen and oxygen atoms in total. The van der Waals surface area contributed by atoms with Crippen molar-refractivity contribution in [1.29, 1.82) is 0 Å². The Labute approximate surface area is 70.1 Å². The van der Waals surface area contributed by atoms with E-state index in [1.807, 2.05) is 0 Å². The zero-order valence-corrected chi connectivity index (χ0v) is 6.79. The molecule has 0 spiro atoms. The van der Waals surface area contributed by atoms with Crippen molar-refractivity contribution < 1.29 is 4.79 Å². The summed E-state index contributed by atoms with van der Waals surface area (Å²) < 4.78 is 0. The number of rotatable bonds is 1. The van der Waals surface area contributed by atoms with Crippen LogP contribution in [0.4, 0.5) is 0 Å². The fraction of sp³-hybridized carbons (Fsp3) is 0.875. The number of nitrogens with two attached hydrogens (primary N) is 1. The van der Waals surface area contributed by atoms with Crippen molar-refractivity contribution in [1.82, 2.24) is 0 Å². The van der Waals surface area contributed by atoms with E-state index in [1.165, 1.54) is 0 Å². The lowest BCUT2D eigenvalue weighted by molar-refractivity contribution is -0.122. The molecule has 4 aliphatic rings. The maximum absolute atomic E-state index is 11.0. The SMILES string of the molecule is NC(=O)[C@H]1[C@@H]2C[C@@H]3[C@@H]([C@@H]2Cl)[C@@H]31. The maximum Gasteiger partial charge on any atom is 0.221 e. The standard InChI is InChI=1S/C8H10ClNO/c9-7-3-1-2-4(5(2)7)6(3)8(10)11/h2-7H,1H2,(H2,10,11)/t2-,3-,4+,5+,6-,7+/m0/s1. The third-order valence-electron chi connectivity index (χ3n) is 3.82. The van der Waals surface area contributed by atoms with Gasteiger partial charge in [-0.3, -0.25) is 4.79 Å². The molecule has 60 valence electrons. The van der Waals surface area contributed by atoms with Gasteiger partial charge in [0.2, 0.25) is 5.91 Å². The molecular weight excluding hydrogens is 162 g/mol. The molecule has 0 aromatic carbocycles. The molecule has 4 fully saturated rings. The second-order valence-electron chi connectivity index (χ2n) is 4.09. The summed E-state index contributed by atoms with van der Waals surface area (Å²) in [6, 6.07) is 0. The number of halogens is 1. The molecule has 4 bridgehead atoms. The van der Waals surface area contributed by atoms with Gasteiger partial charge in [-0.2, -0.15) is 0 Å². The van der Waals surface area contributed by atoms with Crippen molar-refractivity contribution in [3.8, 4) is 0 Å². The summed E-state index contributed by atoms with van der Waals surface area (Å²) in [5.41, 5.74) is 5.30. The number of carbonyl (C=O) groups is 1. The Morgan fingerprint density at radius 2 is 2.09 bits per heavy atom. The van der Waals surface area contributed by atoms with Crippen LogP contribution in [0.25, 0.3) is 0 Å². The Bertz CT molecular complexity index is 242. The summed E-state index contributed by atoms with van der Waals surface area (Å²) >= 11 is 6.13. The molecule has 3 heteroatoms. The van der Waals surface area contributed by atoms with Gasteiger partial charge in [-0.15, -0.1) is 11.6 Å². The molecule has 2 N–H and O–H groups in total. The molecule has 6 atom stereocenters. The fourth-order valence-electron chi connectivity index (χ4n) is 3.46. The van der Waals surface area contributed by atoms with Crippen LogP contribution in [-0.2, 0) is 4.79 Å². The Kier molecular flexibility index (Phi) is 0.905. The molecule has 0 aromatic rings. The van der Waals surface area contributed by atoms with Crippen LogP contribution in [0.5, 0.6) is 0 Å². The van der Waals surface area contributed by atoms with Crippen molar-refractivity contribution >= 4 is 17.5 Å². The molecular formula is C8H10ClNO. The van der Waals surface area contributed by atoms with E-state index in [1.54, 1.807) is 0 Å². The Morgan fingerprint density at radius 3 is 2.27 bits per heavy atom. The van der Waals surface area contributed by atoms with E-state index in [9.17, 15) is 4.79 Å². The van der Waals surface area contributed by atoms with Gasteiger partial charge in [-0.05, 0) is 30.1 Å². The zero-order valence-electron chi connectivity index (χ0n) is 6.03. The van der Waals surface area contributed by atoms with Crippen LogP contribution in [0.3, 0.4) is 0 Å². The molecule has 0 aromatic heterocycles. The summed E-state index contributed by atoms with van der Waals surface area (Å²) in [4.78, 5) is 11.0. The molecule has 0 saturated heterocycles. The van der Waals surface area contributed by atoms with Gasteiger partial charge in [-0.1, -0.05) is 0 Å². The number of hydrogen-bond acceptors (Lipinski definition) is 1. The van der Waals surface area contributed by atoms with Crippen molar-refractivity contribution in [2.75, 3.05) is 0 Å². The predicted octanol–water partition coefficient (Wildman–Crippen LogP) is 0.591. The summed E-state index contributed by atoms with van der Waals surface area (Å²) in [6.07, 6.45) is 1.16. The van der Waals surface area contributed by atoms with E-state index in [4.69, 9.17) is 17.3 Å². The van der Waals surface area contributed by atoms with Crippen molar-refractivity contribution in [3.05, 3.63) is 0 Å². The van der Waals surface area contributed by atoms with Crippen LogP contribution in [0.15, 0.2) is 0 Å². The van der Waals surface area contributed by atoms with E-state index < -0.39 is 0 Å². The van der Waals surface area contributed by atoms with Crippen molar-refractivity contribution in [2.45, 2.75) is 11.8 Å². The normalized spacial score (nSPS) is 63.4. The first-order chi connectivity index (χ1) is 5.22. The minimum Gasteiger partial charge on any atom is -0.369 e. The van der Waals surface area contributed by atoms with Crippen LogP contribution >= 0.6 is 11.6 Å². The van der Waals surface area contributed by atoms with Gasteiger partial charge in [0.05, 0.1) is 0 Å². The predicted molar refractivity (Wildman–Crippen MR) is 40.9 cm³/mol. The molecule has 4 aliphatic carbocycles. The Hall–Kier alpha value is -0.240. The van der Waals surface area contributed by atoms with Gasteiger partial charge < -0.3 is 5.73 Å². The lowest BCUT2D eigenvalue weighted by Gasteiger charge is -2.11. The van der Waals surface area contributed by atoms with Gasteiger partial charge in [-0.25, -0.2) is 0 Å². The molecule has 0 radical (unpaired) electrons. The average Bonchev–Trinajstić information content (AvgIpc) is 2.33. The van der Waals surface area contributed by atoms with Crippen LogP contribution in [0.1, 0.15) is 6.42 Å². The van der Waals surface area contributed by atoms with Crippen molar-refractivity contribution in [3.63, 3.8) is 0 Å². The Balaban J connectivity index is 1.97. The summed E-state index contributed by atoms with van der Waals surface area (Å²) in [6.45, 7) is 0. The number of primary amides is 1. The minimum atomic E-state index is -0.117. The van der Waals surface area contributed by atoms with Crippen LogP contribution in [-0.4, -0.2) is 11.3 Å². The number of amides is 1. The van der Waals surface area contributed by atoms with Crippen molar-refractivity contribution in [2.24, 2.45) is 35.3 Å². The third-order valence-corrected chi connectivity index (χ3v) is 4.43. The Morgan fingerprint density at radius 1 is 1.36 bits per heavy atom. The van der Waals surface area contributed by atoms with Gasteiger partial charge in [0.1, 0.15) is 0 Å². The largest absolute Gasteiger partial charge is 0.369 e. The highest BCUT2D eigenvalue weighted by atomic mass is 35.5. The lowest BCUT2D eigenvalue weighted by Crippen LogP contribution is -2.27. The fourth-order valence-corrected chi connectivity index (χ4v) is 4.07. The average molecular weight is 172 g/mol. The van der Waals surface area contributed by atoms with Gasteiger partial charge >= 0.3 is 0 Å². The highest BCUT2D eigenvalue weighted by Gasteiger charge is 2.74. The van der Waals surface area contributed by atoms with Gasteiger partial charge in [0.15, 0.2) is 0 Å². The lowest BCUT2D eigenvalue weighted by atomic mass is 9.98. The maximum atomic E-state index is 11.0. The molecule has 0 unspecified atom stereocenters. The van der Waals surface area contributed by atoms with Gasteiger partial charge in [0, 0.05) is 11.3 Å². The first-order valence-electron chi connectivity index (χ1n) is 4.15. The molecule has 4 saturated carbocycles. The second-order valence-corrected chi connectivity index (χ2v) is 4.59. The monoisotopic (exact) mass is 171 g/mol. The van der Waals surface area contributed by atoms with Crippen LogP contribution in [0.2, 0.25) is 0 Å². The number of alkyl halides is 1. The summed E-state index contributed by atoms with van der Waals surface area (Å²) in [7, 11) is 0. The third kappa shape index (κ3) is 0.516. The van der Waals surface area contributed by atoms with E-state index in [0.717, 1.165) is 12.3 Å². The van der Waals surface area contributed by atoms with E-state index in [0.29, 0.717) is 17.8 Å². The van der Waals surface area contributed by atoms with E-state index in [2.05, 4.69) is 0 Å². The van der Waals surface area contributed by atoms with Crippen LogP contribution in [0, 0.1) is 29.6 Å². The van der Waals surface area contributed by atoms with E-state index in [-0.39, 0.29) is 17.2 Å². The molecule has 0 heterocycles. The molecule has 0 aliphatic heterocycles. The second kappa shape index (κ2) is 1.58. The zero-order chi connectivity index (χ0) is 7.75. The first kappa shape index (κ1) is 6.30. The molecule has 11 heavy (non-hydrogen) atoms. The molecule has 4 rings (SSSR count). The first-order valence-corrected chi connectivity index (χ1v) is 4.59. The van der Waals surface area contributed by atoms with Gasteiger partial charge in [0.25, 0.3) is 0 Å². The topological polar surface area (TPSA) is 43.1 Å². The molecule has 1 amide bonds. The number of carbonyl (C=O) groups excluding carboxylic acids is 1. The minimum absolute atomic E-state index is 0.117. The quantitative estimate of drug-likeness (QED) is 0.577. The highest BCUT2D eigenvalue weighted by molar-refractivity contribution is 6.22. The smallest absolute Gasteiger partial charge is 0.221 e. The summed E-state index contributed by atoms with van der Waals surface area (Å²) in [5, 5.41) is 0.266. The number of hydrogen-bond donors (Lipinski definition) is 1.